The molecule has 108 valence electrons. The topological polar surface area (TPSA) is 36.3 Å². The Kier molecular flexibility index (Phi) is 6.23. The van der Waals surface area contributed by atoms with Gasteiger partial charge in [-0.3, -0.25) is 4.90 Å². The lowest BCUT2D eigenvalue weighted by atomic mass is 10.1. The number of nitriles is 1. The van der Waals surface area contributed by atoms with Gasteiger partial charge in [-0.1, -0.05) is 19.4 Å². The number of benzene rings is 1. The van der Waals surface area contributed by atoms with Crippen molar-refractivity contribution in [2.45, 2.75) is 31.1 Å². The lowest BCUT2D eigenvalue weighted by Crippen LogP contribution is -2.33. The van der Waals surface area contributed by atoms with Crippen LogP contribution in [0.1, 0.15) is 31.7 Å². The minimum absolute atomic E-state index is 0.662. The van der Waals surface area contributed by atoms with E-state index in [-0.39, 0.29) is 0 Å². The van der Waals surface area contributed by atoms with Crippen LogP contribution in [-0.2, 0) is 0 Å². The molecule has 0 aliphatic carbocycles. The molecule has 1 heterocycles. The fourth-order valence-corrected chi connectivity index (χ4v) is 3.26. The molecule has 1 aromatic rings. The molecule has 0 radical (unpaired) electrons. The number of likely N-dealkylation sites (tertiary alicyclic amines) is 1. The van der Waals surface area contributed by atoms with Crippen LogP contribution in [0.4, 0.5) is 0 Å². The van der Waals surface area contributed by atoms with Gasteiger partial charge in [-0.25, -0.2) is 0 Å². The summed E-state index contributed by atoms with van der Waals surface area (Å²) in [5.74, 6) is 1.69. The van der Waals surface area contributed by atoms with Crippen LogP contribution < -0.4 is 4.74 Å². The van der Waals surface area contributed by atoms with Crippen LogP contribution in [0.5, 0.6) is 5.75 Å². The molecule has 4 heteroatoms. The summed E-state index contributed by atoms with van der Waals surface area (Å²) in [7, 11) is 0. The maximum atomic E-state index is 9.32. The minimum atomic E-state index is 0.662. The van der Waals surface area contributed by atoms with Gasteiger partial charge in [0.2, 0.25) is 0 Å². The molecule has 0 unspecified atom stereocenters. The molecule has 1 aliphatic heterocycles. The van der Waals surface area contributed by atoms with E-state index in [0.29, 0.717) is 12.2 Å². The number of hydrogen-bond donors (Lipinski definition) is 0. The van der Waals surface area contributed by atoms with Crippen molar-refractivity contribution >= 4 is 11.8 Å². The van der Waals surface area contributed by atoms with Gasteiger partial charge in [-0.05, 0) is 43.8 Å². The van der Waals surface area contributed by atoms with E-state index in [1.807, 2.05) is 18.2 Å². The number of nitrogens with zero attached hydrogens (tertiary/aromatic N) is 2. The molecule has 0 amide bonds. The first kappa shape index (κ1) is 15.2. The third-order valence-electron chi connectivity index (χ3n) is 3.51. The highest BCUT2D eigenvalue weighted by Gasteiger charge is 2.12. The van der Waals surface area contributed by atoms with Crippen LogP contribution in [0.25, 0.3) is 0 Å². The summed E-state index contributed by atoms with van der Waals surface area (Å²) in [6, 6.07) is 8.13. The quantitative estimate of drug-likeness (QED) is 0.751. The largest absolute Gasteiger partial charge is 0.491 e. The zero-order valence-electron chi connectivity index (χ0n) is 12.1. The monoisotopic (exact) mass is 290 g/mol. The molecular formula is C16H22N2OS. The number of rotatable bonds is 6. The maximum Gasteiger partial charge on any atom is 0.138 e. The molecule has 3 nitrogen and oxygen atoms in total. The van der Waals surface area contributed by atoms with Crippen LogP contribution in [0.15, 0.2) is 23.1 Å². The van der Waals surface area contributed by atoms with E-state index >= 15 is 0 Å². The lowest BCUT2D eigenvalue weighted by Gasteiger charge is -2.26. The van der Waals surface area contributed by atoms with Crippen molar-refractivity contribution in [1.82, 2.24) is 4.90 Å². The zero-order valence-corrected chi connectivity index (χ0v) is 12.9. The van der Waals surface area contributed by atoms with Crippen molar-refractivity contribution in [2.24, 2.45) is 0 Å². The third kappa shape index (κ3) is 4.16. The van der Waals surface area contributed by atoms with Crippen molar-refractivity contribution in [2.75, 3.05) is 32.0 Å². The molecule has 0 N–H and O–H groups in total. The molecule has 0 bridgehead atoms. The Morgan fingerprint density at radius 1 is 1.30 bits per heavy atom. The van der Waals surface area contributed by atoms with Gasteiger partial charge in [0, 0.05) is 11.4 Å². The molecule has 20 heavy (non-hydrogen) atoms. The summed E-state index contributed by atoms with van der Waals surface area (Å²) in [4.78, 5) is 3.46. The fourth-order valence-electron chi connectivity index (χ4n) is 2.48. The molecule has 2 rings (SSSR count). The Balaban J connectivity index is 1.91. The average molecular weight is 290 g/mol. The Bertz CT molecular complexity index is 464. The molecule has 0 saturated carbocycles. The lowest BCUT2D eigenvalue weighted by molar-refractivity contribution is 0.183. The maximum absolute atomic E-state index is 9.32. The van der Waals surface area contributed by atoms with Crippen molar-refractivity contribution < 1.29 is 4.74 Å². The highest BCUT2D eigenvalue weighted by molar-refractivity contribution is 7.99. The molecule has 0 aromatic heterocycles. The van der Waals surface area contributed by atoms with E-state index < -0.39 is 0 Å². The normalized spacial score (nSPS) is 15.8. The Morgan fingerprint density at radius 3 is 2.80 bits per heavy atom. The van der Waals surface area contributed by atoms with Gasteiger partial charge in [-0.15, -0.1) is 11.8 Å². The van der Waals surface area contributed by atoms with E-state index in [2.05, 4.69) is 17.9 Å². The molecule has 0 atom stereocenters. The van der Waals surface area contributed by atoms with Crippen LogP contribution in [0.3, 0.4) is 0 Å². The molecular weight excluding hydrogens is 268 g/mol. The number of hydrogen-bond acceptors (Lipinski definition) is 4. The summed E-state index contributed by atoms with van der Waals surface area (Å²) in [5, 5.41) is 9.32. The number of ether oxygens (including phenoxy) is 1. The first-order chi connectivity index (χ1) is 9.85. The van der Waals surface area contributed by atoms with Gasteiger partial charge in [0.15, 0.2) is 0 Å². The summed E-state index contributed by atoms with van der Waals surface area (Å²) in [6.45, 7) is 6.07. The summed E-state index contributed by atoms with van der Waals surface area (Å²) < 4.78 is 5.84. The van der Waals surface area contributed by atoms with Gasteiger partial charge >= 0.3 is 0 Å². The van der Waals surface area contributed by atoms with Crippen molar-refractivity contribution in [3.8, 4) is 11.8 Å². The van der Waals surface area contributed by atoms with E-state index in [9.17, 15) is 5.26 Å². The third-order valence-corrected chi connectivity index (χ3v) is 4.45. The Labute approximate surface area is 125 Å². The van der Waals surface area contributed by atoms with Crippen LogP contribution >= 0.6 is 11.8 Å². The highest BCUT2D eigenvalue weighted by Crippen LogP contribution is 2.29. The SMILES string of the molecule is CCSc1cccc(OCCN2CCCCC2)c1C#N. The number of piperidine rings is 1. The second kappa shape index (κ2) is 8.18. The summed E-state index contributed by atoms with van der Waals surface area (Å²) in [6.07, 6.45) is 3.95. The minimum Gasteiger partial charge on any atom is -0.491 e. The first-order valence-electron chi connectivity index (χ1n) is 7.36. The standard InChI is InChI=1S/C16H22N2OS/c1-2-20-16-8-6-7-15(14(16)13-17)19-12-11-18-9-4-3-5-10-18/h6-8H,2-5,9-12H2,1H3. The Hall–Kier alpha value is -1.18. The van der Waals surface area contributed by atoms with Crippen LogP contribution in [0.2, 0.25) is 0 Å². The molecule has 0 spiro atoms. The second-order valence-electron chi connectivity index (χ2n) is 4.92. The predicted molar refractivity (Wildman–Crippen MR) is 83.3 cm³/mol. The molecule has 1 fully saturated rings. The van der Waals surface area contributed by atoms with Gasteiger partial charge in [-0.2, -0.15) is 5.26 Å². The van der Waals surface area contributed by atoms with Crippen LogP contribution in [0, 0.1) is 11.3 Å². The second-order valence-corrected chi connectivity index (χ2v) is 6.23. The van der Waals surface area contributed by atoms with Crippen molar-refractivity contribution in [3.63, 3.8) is 0 Å². The Morgan fingerprint density at radius 2 is 2.10 bits per heavy atom. The number of thioether (sulfide) groups is 1. The zero-order chi connectivity index (χ0) is 14.2. The van der Waals surface area contributed by atoms with Gasteiger partial charge < -0.3 is 4.74 Å². The molecule has 1 aromatic carbocycles. The van der Waals surface area contributed by atoms with E-state index in [1.54, 1.807) is 11.8 Å². The smallest absolute Gasteiger partial charge is 0.138 e. The van der Waals surface area contributed by atoms with E-state index in [4.69, 9.17) is 4.74 Å². The predicted octanol–water partition coefficient (Wildman–Crippen LogP) is 3.53. The molecule has 1 aliphatic rings. The summed E-state index contributed by atoms with van der Waals surface area (Å²) in [5.41, 5.74) is 0.679. The van der Waals surface area contributed by atoms with Crippen LogP contribution in [-0.4, -0.2) is 36.9 Å². The van der Waals surface area contributed by atoms with Gasteiger partial charge in [0.05, 0.1) is 0 Å². The first-order valence-corrected chi connectivity index (χ1v) is 8.34. The van der Waals surface area contributed by atoms with E-state index in [1.165, 1.54) is 32.4 Å². The molecule has 1 saturated heterocycles. The average Bonchev–Trinajstić information content (AvgIpc) is 2.49. The highest BCUT2D eigenvalue weighted by atomic mass is 32.2. The van der Waals surface area contributed by atoms with Gasteiger partial charge in [0.25, 0.3) is 0 Å². The van der Waals surface area contributed by atoms with Crippen molar-refractivity contribution in [3.05, 3.63) is 23.8 Å². The fraction of sp³-hybridized carbons (Fsp3) is 0.562. The van der Waals surface area contributed by atoms with E-state index in [0.717, 1.165) is 22.9 Å². The van der Waals surface area contributed by atoms with Crippen molar-refractivity contribution in [1.29, 1.82) is 5.26 Å². The summed E-state index contributed by atoms with van der Waals surface area (Å²) >= 11 is 1.69. The van der Waals surface area contributed by atoms with Gasteiger partial charge in [0.1, 0.15) is 24.0 Å².